The fraction of sp³-hybridized carbons (Fsp3) is 0.448. The lowest BCUT2D eigenvalue weighted by atomic mass is 9.84. The number of nitrogens with zero attached hydrogens (tertiary/aromatic N) is 1. The van der Waals surface area contributed by atoms with Crippen molar-refractivity contribution in [2.24, 2.45) is 0 Å². The normalized spacial score (nSPS) is 17.7. The number of carbonyl (C=O) groups is 2. The molecule has 0 spiro atoms. The van der Waals surface area contributed by atoms with Gasteiger partial charge in [-0.2, -0.15) is 0 Å². The lowest BCUT2D eigenvalue weighted by Crippen LogP contribution is -2.33. The van der Waals surface area contributed by atoms with Gasteiger partial charge in [0.15, 0.2) is 0 Å². The Morgan fingerprint density at radius 3 is 2.44 bits per heavy atom. The van der Waals surface area contributed by atoms with Crippen molar-refractivity contribution in [2.45, 2.75) is 59.1 Å². The molecule has 1 fully saturated rings. The number of likely N-dealkylation sites (tertiary alicyclic amines) is 1. The monoisotopic (exact) mass is 495 g/mol. The number of hydrogen-bond donors (Lipinski definition) is 1. The Hall–Kier alpha value is -3.32. The second-order valence-corrected chi connectivity index (χ2v) is 10.1. The molecule has 36 heavy (non-hydrogen) atoms. The first-order chi connectivity index (χ1) is 17.0. The zero-order valence-corrected chi connectivity index (χ0v) is 22.3. The average Bonchev–Trinajstić information content (AvgIpc) is 3.08. The topological polar surface area (TPSA) is 85.3 Å². The van der Waals surface area contributed by atoms with Crippen molar-refractivity contribution < 1.29 is 28.9 Å². The molecule has 1 unspecified atom stereocenters. The van der Waals surface area contributed by atoms with Gasteiger partial charge in [-0.3, -0.25) is 9.59 Å². The van der Waals surface area contributed by atoms with Crippen LogP contribution in [0.25, 0.3) is 5.76 Å². The molecule has 0 aliphatic carbocycles. The average molecular weight is 496 g/mol. The molecule has 0 radical (unpaired) electrons. The predicted octanol–water partition coefficient (Wildman–Crippen LogP) is 5.24. The van der Waals surface area contributed by atoms with E-state index in [-0.39, 0.29) is 36.0 Å². The minimum absolute atomic E-state index is 0.0170. The van der Waals surface area contributed by atoms with Crippen LogP contribution in [-0.2, 0) is 19.7 Å². The molecule has 1 aliphatic rings. The smallest absolute Gasteiger partial charge is 0.295 e. The molecule has 2 aromatic rings. The molecule has 7 nitrogen and oxygen atoms in total. The highest BCUT2D eigenvalue weighted by Gasteiger charge is 2.46. The summed E-state index contributed by atoms with van der Waals surface area (Å²) < 4.78 is 16.9. The standard InChI is InChI=1S/C29H37NO6/c1-8-35-21-11-9-10-19(16-21)25-24(27(32)28(33)30(25)14-15-36-18(2)3)26(31)20-12-13-23(34-7)22(17-20)29(4,5)6/h9-13,16-18,25,31H,8,14-15H2,1-7H3/b26-24+. The summed E-state index contributed by atoms with van der Waals surface area (Å²) >= 11 is 0. The summed E-state index contributed by atoms with van der Waals surface area (Å²) in [5, 5.41) is 11.5. The quantitative estimate of drug-likeness (QED) is 0.291. The molecule has 1 amide bonds. The molecule has 0 saturated carbocycles. The van der Waals surface area contributed by atoms with Crippen molar-refractivity contribution in [1.29, 1.82) is 0 Å². The molecular weight excluding hydrogens is 458 g/mol. The van der Waals surface area contributed by atoms with E-state index in [0.717, 1.165) is 5.56 Å². The Balaban J connectivity index is 2.18. The van der Waals surface area contributed by atoms with Crippen molar-refractivity contribution in [2.75, 3.05) is 26.9 Å². The lowest BCUT2D eigenvalue weighted by Gasteiger charge is -2.26. The lowest BCUT2D eigenvalue weighted by molar-refractivity contribution is -0.140. The van der Waals surface area contributed by atoms with Crippen molar-refractivity contribution in [3.63, 3.8) is 0 Å². The van der Waals surface area contributed by atoms with Gasteiger partial charge in [-0.25, -0.2) is 0 Å². The van der Waals surface area contributed by atoms with Gasteiger partial charge in [0.25, 0.3) is 11.7 Å². The molecule has 0 bridgehead atoms. The van der Waals surface area contributed by atoms with Crippen molar-refractivity contribution in [3.05, 3.63) is 64.7 Å². The third-order valence-corrected chi connectivity index (χ3v) is 6.09. The highest BCUT2D eigenvalue weighted by Crippen LogP contribution is 2.41. The number of carbonyl (C=O) groups excluding carboxylic acids is 2. The number of ether oxygens (including phenoxy) is 3. The first kappa shape index (κ1) is 27.3. The Morgan fingerprint density at radius 2 is 1.83 bits per heavy atom. The molecule has 7 heteroatoms. The van der Waals surface area contributed by atoms with Crippen LogP contribution in [0.1, 0.15) is 64.3 Å². The number of hydrogen-bond acceptors (Lipinski definition) is 6. The summed E-state index contributed by atoms with van der Waals surface area (Å²) in [5.41, 5.74) is 1.78. The minimum Gasteiger partial charge on any atom is -0.507 e. The van der Waals surface area contributed by atoms with Crippen LogP contribution >= 0.6 is 0 Å². The zero-order chi connectivity index (χ0) is 26.6. The number of rotatable bonds is 9. The van der Waals surface area contributed by atoms with Crippen molar-refractivity contribution in [3.8, 4) is 11.5 Å². The van der Waals surface area contributed by atoms with E-state index in [1.807, 2.05) is 65.8 Å². The maximum atomic E-state index is 13.3. The van der Waals surface area contributed by atoms with E-state index in [1.165, 1.54) is 4.90 Å². The van der Waals surface area contributed by atoms with Crippen LogP contribution in [-0.4, -0.2) is 54.7 Å². The Morgan fingerprint density at radius 1 is 1.11 bits per heavy atom. The Labute approximate surface area is 213 Å². The molecule has 3 rings (SSSR count). The van der Waals surface area contributed by atoms with Crippen LogP contribution in [0.5, 0.6) is 11.5 Å². The summed E-state index contributed by atoms with van der Waals surface area (Å²) in [6.45, 7) is 12.8. The van der Waals surface area contributed by atoms with Gasteiger partial charge in [0.05, 0.1) is 38.0 Å². The van der Waals surface area contributed by atoms with Crippen molar-refractivity contribution in [1.82, 2.24) is 4.90 Å². The summed E-state index contributed by atoms with van der Waals surface area (Å²) in [6.07, 6.45) is -0.0170. The first-order valence-corrected chi connectivity index (χ1v) is 12.3. The van der Waals surface area contributed by atoms with E-state index in [4.69, 9.17) is 14.2 Å². The van der Waals surface area contributed by atoms with Gasteiger partial charge in [-0.15, -0.1) is 0 Å². The van der Waals surface area contributed by atoms with Gasteiger partial charge in [0, 0.05) is 17.7 Å². The Kier molecular flexibility index (Phi) is 8.46. The SMILES string of the molecule is CCOc1cccc(C2/C(=C(\O)c3ccc(OC)c(C(C)(C)C)c3)C(=O)C(=O)N2CCOC(C)C)c1. The molecule has 1 N–H and O–H groups in total. The largest absolute Gasteiger partial charge is 0.507 e. The fourth-order valence-corrected chi connectivity index (χ4v) is 4.38. The first-order valence-electron chi connectivity index (χ1n) is 12.3. The maximum absolute atomic E-state index is 13.3. The second kappa shape index (κ2) is 11.2. The Bertz CT molecular complexity index is 1140. The van der Waals surface area contributed by atoms with Crippen LogP contribution in [0.15, 0.2) is 48.0 Å². The van der Waals surface area contributed by atoms with Gasteiger partial charge >= 0.3 is 0 Å². The van der Waals surface area contributed by atoms with E-state index in [1.54, 1.807) is 25.3 Å². The maximum Gasteiger partial charge on any atom is 0.295 e. The van der Waals surface area contributed by atoms with E-state index < -0.39 is 17.7 Å². The van der Waals surface area contributed by atoms with Crippen LogP contribution in [0.4, 0.5) is 0 Å². The van der Waals surface area contributed by atoms with Gasteiger partial charge in [0.2, 0.25) is 0 Å². The van der Waals surface area contributed by atoms with Gasteiger partial charge in [-0.05, 0) is 62.1 Å². The van der Waals surface area contributed by atoms with E-state index in [9.17, 15) is 14.7 Å². The molecule has 1 aliphatic heterocycles. The number of aliphatic hydroxyl groups is 1. The van der Waals surface area contributed by atoms with Crippen LogP contribution < -0.4 is 9.47 Å². The molecule has 1 saturated heterocycles. The third-order valence-electron chi connectivity index (χ3n) is 6.09. The molecule has 0 aromatic heterocycles. The summed E-state index contributed by atoms with van der Waals surface area (Å²) in [6, 6.07) is 11.8. The summed E-state index contributed by atoms with van der Waals surface area (Å²) in [4.78, 5) is 28.0. The predicted molar refractivity (Wildman–Crippen MR) is 139 cm³/mol. The number of Topliss-reactive ketones (excluding diaryl/α,β-unsaturated/α-hetero) is 1. The van der Waals surface area contributed by atoms with Crippen LogP contribution in [0.3, 0.4) is 0 Å². The third kappa shape index (κ3) is 5.73. The van der Waals surface area contributed by atoms with Gasteiger partial charge in [-0.1, -0.05) is 32.9 Å². The molecule has 2 aromatic carbocycles. The highest BCUT2D eigenvalue weighted by atomic mass is 16.5. The van der Waals surface area contributed by atoms with E-state index in [0.29, 0.717) is 29.2 Å². The van der Waals surface area contributed by atoms with Crippen molar-refractivity contribution >= 4 is 17.4 Å². The minimum atomic E-state index is -0.777. The molecule has 1 atom stereocenters. The van der Waals surface area contributed by atoms with Crippen LogP contribution in [0.2, 0.25) is 0 Å². The van der Waals surface area contributed by atoms with Gasteiger partial charge in [0.1, 0.15) is 17.3 Å². The summed E-state index contributed by atoms with van der Waals surface area (Å²) in [7, 11) is 1.60. The fourth-order valence-electron chi connectivity index (χ4n) is 4.38. The van der Waals surface area contributed by atoms with Crippen LogP contribution in [0, 0.1) is 0 Å². The van der Waals surface area contributed by atoms with E-state index in [2.05, 4.69) is 0 Å². The number of methoxy groups -OCH3 is 1. The molecule has 194 valence electrons. The highest BCUT2D eigenvalue weighted by molar-refractivity contribution is 6.46. The molecular formula is C29H37NO6. The van der Waals surface area contributed by atoms with Gasteiger partial charge < -0.3 is 24.2 Å². The number of benzene rings is 2. The number of ketones is 1. The number of amides is 1. The second-order valence-electron chi connectivity index (χ2n) is 10.1. The summed E-state index contributed by atoms with van der Waals surface area (Å²) in [5.74, 6) is -0.303. The zero-order valence-electron chi connectivity index (χ0n) is 22.3. The van der Waals surface area contributed by atoms with E-state index >= 15 is 0 Å². The molecule has 1 heterocycles. The number of aliphatic hydroxyl groups excluding tert-OH is 1.